The van der Waals surface area contributed by atoms with Gasteiger partial charge in [-0.2, -0.15) is 0 Å². The van der Waals surface area contributed by atoms with Crippen molar-refractivity contribution in [2.24, 2.45) is 0 Å². The maximum Gasteiger partial charge on any atom is 0.130 e. The van der Waals surface area contributed by atoms with Crippen LogP contribution in [0.1, 0.15) is 17.2 Å². The van der Waals surface area contributed by atoms with E-state index >= 15 is 0 Å². The number of halogens is 5. The molecule has 2 aromatic carbocycles. The maximum atomic E-state index is 13.8. The first-order chi connectivity index (χ1) is 8.90. The summed E-state index contributed by atoms with van der Waals surface area (Å²) >= 11 is 12.1. The Hall–Kier alpha value is -0.490. The van der Waals surface area contributed by atoms with E-state index in [-0.39, 0.29) is 10.6 Å². The molecule has 0 aliphatic rings. The van der Waals surface area contributed by atoms with E-state index in [1.165, 1.54) is 30.3 Å². The van der Waals surface area contributed by atoms with Crippen LogP contribution in [-0.2, 0) is 0 Å². The van der Waals surface area contributed by atoms with E-state index in [9.17, 15) is 13.9 Å². The lowest BCUT2D eigenvalue weighted by atomic mass is 10.0. The largest absolute Gasteiger partial charge is 0.384 e. The summed E-state index contributed by atoms with van der Waals surface area (Å²) in [6.07, 6.45) is -1.24. The highest BCUT2D eigenvalue weighted by molar-refractivity contribution is 9.10. The first kappa shape index (κ1) is 14.9. The fourth-order valence-corrected chi connectivity index (χ4v) is 2.69. The lowest BCUT2D eigenvalue weighted by Gasteiger charge is -2.15. The molecule has 0 bridgehead atoms. The van der Waals surface area contributed by atoms with E-state index in [0.29, 0.717) is 14.5 Å². The second-order valence-corrected chi connectivity index (χ2v) is 5.97. The number of benzene rings is 2. The molecule has 100 valence electrons. The van der Waals surface area contributed by atoms with Crippen molar-refractivity contribution < 1.29 is 13.9 Å². The minimum Gasteiger partial charge on any atom is -0.384 e. The molecule has 0 aliphatic heterocycles. The van der Waals surface area contributed by atoms with Gasteiger partial charge in [0.25, 0.3) is 0 Å². The minimum atomic E-state index is -1.24. The van der Waals surface area contributed by atoms with Gasteiger partial charge in [-0.1, -0.05) is 33.6 Å². The molecule has 2 rings (SSSR count). The number of hydrogen-bond donors (Lipinski definition) is 1. The predicted octanol–water partition coefficient (Wildman–Crippen LogP) is 5.22. The van der Waals surface area contributed by atoms with E-state index in [0.717, 1.165) is 0 Å². The van der Waals surface area contributed by atoms with Crippen LogP contribution in [0.2, 0.25) is 5.02 Å². The molecule has 1 unspecified atom stereocenters. The minimum absolute atomic E-state index is 0.0282. The topological polar surface area (TPSA) is 20.2 Å². The summed E-state index contributed by atoms with van der Waals surface area (Å²) in [5, 5.41) is 10.5. The molecule has 0 amide bonds. The fourth-order valence-electron chi connectivity index (χ4n) is 1.64. The van der Waals surface area contributed by atoms with E-state index < -0.39 is 17.7 Å². The first-order valence-electron chi connectivity index (χ1n) is 5.17. The van der Waals surface area contributed by atoms with E-state index in [4.69, 9.17) is 11.6 Å². The maximum absolute atomic E-state index is 13.8. The molecule has 0 aromatic heterocycles. The van der Waals surface area contributed by atoms with Gasteiger partial charge in [0.2, 0.25) is 0 Å². The number of aliphatic hydroxyl groups is 1. The van der Waals surface area contributed by atoms with Crippen LogP contribution in [0.15, 0.2) is 39.3 Å². The average Bonchev–Trinajstić information content (AvgIpc) is 2.33. The Bertz CT molecular complexity index is 634. The Balaban J connectivity index is 2.49. The molecule has 0 aliphatic carbocycles. The summed E-state index contributed by atoms with van der Waals surface area (Å²) in [4.78, 5) is 0. The quantitative estimate of drug-likeness (QED) is 0.670. The van der Waals surface area contributed by atoms with Gasteiger partial charge in [-0.15, -0.1) is 0 Å². The Morgan fingerprint density at radius 3 is 2.32 bits per heavy atom. The molecule has 0 fully saturated rings. The molecular formula is C13H7Br2ClF2O. The van der Waals surface area contributed by atoms with Crippen LogP contribution in [0.4, 0.5) is 8.78 Å². The van der Waals surface area contributed by atoms with Crippen LogP contribution in [0.3, 0.4) is 0 Å². The van der Waals surface area contributed by atoms with Crippen molar-refractivity contribution in [1.82, 2.24) is 0 Å². The van der Waals surface area contributed by atoms with Crippen molar-refractivity contribution in [3.8, 4) is 0 Å². The molecule has 0 spiro atoms. The third kappa shape index (κ3) is 3.16. The van der Waals surface area contributed by atoms with Gasteiger partial charge in [-0.05, 0) is 45.8 Å². The number of hydrogen-bond acceptors (Lipinski definition) is 1. The van der Waals surface area contributed by atoms with Gasteiger partial charge in [0.05, 0.1) is 5.02 Å². The SMILES string of the molecule is OC(c1cc(Cl)c(Br)cc1F)c1ccc(F)cc1Br. The zero-order chi connectivity index (χ0) is 14.2. The molecule has 0 radical (unpaired) electrons. The van der Waals surface area contributed by atoms with Crippen molar-refractivity contribution >= 4 is 43.5 Å². The number of rotatable bonds is 2. The summed E-state index contributed by atoms with van der Waals surface area (Å²) in [6, 6.07) is 6.30. The van der Waals surface area contributed by atoms with Gasteiger partial charge >= 0.3 is 0 Å². The van der Waals surface area contributed by atoms with Gasteiger partial charge < -0.3 is 5.11 Å². The third-order valence-electron chi connectivity index (χ3n) is 2.59. The second kappa shape index (κ2) is 5.87. The normalized spacial score (nSPS) is 12.5. The zero-order valence-corrected chi connectivity index (χ0v) is 13.2. The Morgan fingerprint density at radius 1 is 1.00 bits per heavy atom. The smallest absolute Gasteiger partial charge is 0.130 e. The van der Waals surface area contributed by atoms with Crippen LogP contribution in [-0.4, -0.2) is 5.11 Å². The third-order valence-corrected chi connectivity index (χ3v) is 4.48. The zero-order valence-electron chi connectivity index (χ0n) is 9.30. The molecule has 2 aromatic rings. The van der Waals surface area contributed by atoms with Crippen LogP contribution in [0.5, 0.6) is 0 Å². The lowest BCUT2D eigenvalue weighted by molar-refractivity contribution is 0.214. The van der Waals surface area contributed by atoms with Crippen molar-refractivity contribution in [2.45, 2.75) is 6.10 Å². The standard InChI is InChI=1S/C13H7Br2ClF2O/c14-9-3-6(17)1-2-7(9)13(19)8-4-11(16)10(15)5-12(8)18/h1-5,13,19H. The summed E-state index contributed by atoms with van der Waals surface area (Å²) in [7, 11) is 0. The highest BCUT2D eigenvalue weighted by Gasteiger charge is 2.19. The van der Waals surface area contributed by atoms with Gasteiger partial charge in [-0.25, -0.2) is 8.78 Å². The molecule has 1 N–H and O–H groups in total. The average molecular weight is 412 g/mol. The molecule has 19 heavy (non-hydrogen) atoms. The van der Waals surface area contributed by atoms with Gasteiger partial charge in [-0.3, -0.25) is 0 Å². The molecule has 6 heteroatoms. The highest BCUT2D eigenvalue weighted by Crippen LogP contribution is 2.34. The van der Waals surface area contributed by atoms with E-state index in [1.54, 1.807) is 0 Å². The fraction of sp³-hybridized carbons (Fsp3) is 0.0769. The second-order valence-electron chi connectivity index (χ2n) is 3.86. The Kier molecular flexibility index (Phi) is 4.61. The summed E-state index contributed by atoms with van der Waals surface area (Å²) in [5.74, 6) is -1.04. The number of aliphatic hydroxyl groups excluding tert-OH is 1. The van der Waals surface area contributed by atoms with Gasteiger partial charge in [0.15, 0.2) is 0 Å². The Labute approximate surface area is 130 Å². The van der Waals surface area contributed by atoms with Crippen molar-refractivity contribution in [3.63, 3.8) is 0 Å². The van der Waals surface area contributed by atoms with Crippen LogP contribution < -0.4 is 0 Å². The summed E-state index contributed by atoms with van der Waals surface area (Å²) in [6.45, 7) is 0. The van der Waals surface area contributed by atoms with Crippen LogP contribution >= 0.6 is 43.5 Å². The van der Waals surface area contributed by atoms with Gasteiger partial charge in [0.1, 0.15) is 17.7 Å². The first-order valence-corrected chi connectivity index (χ1v) is 7.14. The van der Waals surface area contributed by atoms with Crippen LogP contribution in [0.25, 0.3) is 0 Å². The Morgan fingerprint density at radius 2 is 1.68 bits per heavy atom. The summed E-state index contributed by atoms with van der Waals surface area (Å²) < 4.78 is 27.6. The molecule has 0 heterocycles. The van der Waals surface area contributed by atoms with Crippen molar-refractivity contribution in [1.29, 1.82) is 0 Å². The molecule has 1 nitrogen and oxygen atoms in total. The van der Waals surface area contributed by atoms with E-state index in [1.807, 2.05) is 0 Å². The summed E-state index contributed by atoms with van der Waals surface area (Å²) in [5.41, 5.74) is 0.388. The van der Waals surface area contributed by atoms with Crippen molar-refractivity contribution in [3.05, 3.63) is 67.1 Å². The lowest BCUT2D eigenvalue weighted by Crippen LogP contribution is -2.04. The predicted molar refractivity (Wildman–Crippen MR) is 77.3 cm³/mol. The monoisotopic (exact) mass is 410 g/mol. The van der Waals surface area contributed by atoms with Gasteiger partial charge in [0, 0.05) is 14.5 Å². The highest BCUT2D eigenvalue weighted by atomic mass is 79.9. The molecule has 1 atom stereocenters. The van der Waals surface area contributed by atoms with Crippen LogP contribution in [0, 0.1) is 11.6 Å². The molecule has 0 saturated carbocycles. The molecule has 0 saturated heterocycles. The molecular weight excluding hydrogens is 405 g/mol. The van der Waals surface area contributed by atoms with Crippen molar-refractivity contribution in [2.75, 3.05) is 0 Å². The van der Waals surface area contributed by atoms with E-state index in [2.05, 4.69) is 31.9 Å².